The van der Waals surface area contributed by atoms with E-state index in [-0.39, 0.29) is 30.4 Å². The summed E-state index contributed by atoms with van der Waals surface area (Å²) in [5.74, 6) is -3.67. The maximum atomic E-state index is 11.8. The first-order chi connectivity index (χ1) is 24.1. The average molecular weight is 729 g/mol. The quantitative estimate of drug-likeness (QED) is 0.0731. The van der Waals surface area contributed by atoms with E-state index in [1.165, 1.54) is 32.1 Å². The van der Waals surface area contributed by atoms with Gasteiger partial charge in [0.2, 0.25) is 12.2 Å². The Morgan fingerprint density at radius 3 is 1.43 bits per heavy atom. The van der Waals surface area contributed by atoms with Crippen LogP contribution in [0.2, 0.25) is 0 Å². The fraction of sp³-hybridized carbons (Fsp3) is 0.811. The first-order valence-electron chi connectivity index (χ1n) is 18.3. The van der Waals surface area contributed by atoms with Gasteiger partial charge in [-0.3, -0.25) is 14.4 Å². The molecule has 0 amide bonds. The van der Waals surface area contributed by atoms with E-state index in [2.05, 4.69) is 9.47 Å². The van der Waals surface area contributed by atoms with Crippen LogP contribution in [0.5, 0.6) is 0 Å². The second kappa shape index (κ2) is 24.5. The third-order valence-corrected chi connectivity index (χ3v) is 8.88. The summed E-state index contributed by atoms with van der Waals surface area (Å²) >= 11 is 0. The molecule has 2 rings (SSSR count). The van der Waals surface area contributed by atoms with Crippen LogP contribution in [0.1, 0.15) is 138 Å². The lowest BCUT2D eigenvalue weighted by atomic mass is 9.91. The Kier molecular flexibility index (Phi) is 21.7. The summed E-state index contributed by atoms with van der Waals surface area (Å²) < 4.78 is 34.0. The summed E-state index contributed by atoms with van der Waals surface area (Å²) in [6, 6.07) is 0. The lowest BCUT2D eigenvalue weighted by molar-refractivity contribution is -0.171. The maximum absolute atomic E-state index is 11.8. The maximum Gasteiger partial charge on any atom is 0.347 e. The van der Waals surface area contributed by atoms with Crippen LogP contribution in [-0.2, 0) is 66.7 Å². The van der Waals surface area contributed by atoms with E-state index in [1.807, 2.05) is 27.7 Å². The van der Waals surface area contributed by atoms with Crippen LogP contribution < -0.4 is 0 Å². The molecule has 0 N–H and O–H groups in total. The van der Waals surface area contributed by atoms with E-state index in [4.69, 9.17) is 23.7 Å². The Hall–Kier alpha value is -3.71. The Morgan fingerprint density at radius 1 is 0.569 bits per heavy atom. The normalized spacial score (nSPS) is 17.0. The third kappa shape index (κ3) is 19.5. The molecular weight excluding hydrogens is 668 g/mol. The van der Waals surface area contributed by atoms with Gasteiger partial charge in [-0.1, -0.05) is 65.2 Å². The van der Waals surface area contributed by atoms with Crippen LogP contribution in [0, 0.1) is 10.8 Å². The van der Waals surface area contributed by atoms with Crippen molar-refractivity contribution in [2.24, 2.45) is 10.8 Å². The van der Waals surface area contributed by atoms with E-state index in [1.54, 1.807) is 13.8 Å². The van der Waals surface area contributed by atoms with Crippen LogP contribution in [0.15, 0.2) is 0 Å². The van der Waals surface area contributed by atoms with Crippen molar-refractivity contribution in [1.29, 1.82) is 0 Å². The highest BCUT2D eigenvalue weighted by Crippen LogP contribution is 2.22. The molecule has 2 aliphatic rings. The number of carbonyl (C=O) groups is 7. The van der Waals surface area contributed by atoms with Gasteiger partial charge in [0.05, 0.1) is 30.7 Å². The molecule has 0 radical (unpaired) electrons. The SMILES string of the molecule is CCC(C)(C)C(=O)OCC(=O)OCC(=O)OC1CCOC1=O.CCC(C)(C)C(=O)OCCCCCCCCCCCCC(=O)OC1CCOC1=O. The molecule has 0 aromatic heterocycles. The summed E-state index contributed by atoms with van der Waals surface area (Å²) in [7, 11) is 0. The van der Waals surface area contributed by atoms with E-state index < -0.39 is 60.7 Å². The lowest BCUT2D eigenvalue weighted by Gasteiger charge is -2.20. The van der Waals surface area contributed by atoms with Gasteiger partial charge in [0, 0.05) is 19.3 Å². The first-order valence-corrected chi connectivity index (χ1v) is 18.3. The second-order valence-corrected chi connectivity index (χ2v) is 14.0. The predicted octanol–water partition coefficient (Wildman–Crippen LogP) is 5.48. The molecule has 0 saturated carbocycles. The zero-order valence-electron chi connectivity index (χ0n) is 31.5. The second-order valence-electron chi connectivity index (χ2n) is 14.0. The molecule has 51 heavy (non-hydrogen) atoms. The van der Waals surface area contributed by atoms with E-state index in [9.17, 15) is 33.6 Å². The van der Waals surface area contributed by atoms with Crippen LogP contribution in [-0.4, -0.2) is 87.0 Å². The number of rotatable bonds is 23. The molecule has 2 saturated heterocycles. The van der Waals surface area contributed by atoms with E-state index in [0.29, 0.717) is 32.5 Å². The van der Waals surface area contributed by atoms with Gasteiger partial charge in [-0.05, 0) is 53.4 Å². The molecule has 0 aromatic carbocycles. The highest BCUT2D eigenvalue weighted by molar-refractivity contribution is 5.83. The van der Waals surface area contributed by atoms with Crippen LogP contribution >= 0.6 is 0 Å². The highest BCUT2D eigenvalue weighted by atomic mass is 16.6. The van der Waals surface area contributed by atoms with Crippen LogP contribution in [0.25, 0.3) is 0 Å². The largest absolute Gasteiger partial charge is 0.465 e. The van der Waals surface area contributed by atoms with Crippen molar-refractivity contribution < 1.29 is 66.7 Å². The number of unbranched alkanes of at least 4 members (excludes halogenated alkanes) is 9. The molecule has 2 fully saturated rings. The van der Waals surface area contributed by atoms with Gasteiger partial charge in [0.15, 0.2) is 13.2 Å². The van der Waals surface area contributed by atoms with Crippen molar-refractivity contribution in [3.63, 3.8) is 0 Å². The number of cyclic esters (lactones) is 2. The number of hydrogen-bond donors (Lipinski definition) is 0. The molecule has 2 unspecified atom stereocenters. The average Bonchev–Trinajstić information content (AvgIpc) is 3.70. The molecule has 0 spiro atoms. The minimum absolute atomic E-state index is 0.0886. The third-order valence-electron chi connectivity index (χ3n) is 8.88. The van der Waals surface area contributed by atoms with Crippen molar-refractivity contribution in [2.45, 2.75) is 150 Å². The molecule has 292 valence electrons. The molecule has 0 bridgehead atoms. The molecule has 0 aliphatic carbocycles. The molecule has 2 atom stereocenters. The summed E-state index contributed by atoms with van der Waals surface area (Å²) in [5.41, 5.74) is -1.06. The summed E-state index contributed by atoms with van der Waals surface area (Å²) in [5, 5.41) is 0. The smallest absolute Gasteiger partial charge is 0.347 e. The predicted molar refractivity (Wildman–Crippen MR) is 183 cm³/mol. The van der Waals surface area contributed by atoms with Crippen molar-refractivity contribution >= 4 is 41.8 Å². The molecule has 0 aromatic rings. The highest BCUT2D eigenvalue weighted by Gasteiger charge is 2.32. The fourth-order valence-corrected chi connectivity index (χ4v) is 4.51. The Morgan fingerprint density at radius 2 is 0.980 bits per heavy atom. The van der Waals surface area contributed by atoms with Gasteiger partial charge in [0.1, 0.15) is 0 Å². The zero-order valence-corrected chi connectivity index (χ0v) is 31.5. The number of hydrogen-bond acceptors (Lipinski definition) is 14. The van der Waals surface area contributed by atoms with Crippen molar-refractivity contribution in [3.05, 3.63) is 0 Å². The molecule has 2 aliphatic heterocycles. The topological polar surface area (TPSA) is 184 Å². The molecular formula is C37H60O14. The van der Waals surface area contributed by atoms with Gasteiger partial charge in [-0.2, -0.15) is 0 Å². The van der Waals surface area contributed by atoms with Crippen molar-refractivity contribution in [3.8, 4) is 0 Å². The summed E-state index contributed by atoms with van der Waals surface area (Å²) in [6.45, 7) is 10.9. The Labute approximate surface area is 302 Å². The number of esters is 7. The van der Waals surface area contributed by atoms with Gasteiger partial charge < -0.3 is 33.2 Å². The lowest BCUT2D eigenvalue weighted by Crippen LogP contribution is -2.30. The minimum Gasteiger partial charge on any atom is -0.465 e. The van der Waals surface area contributed by atoms with Crippen LogP contribution in [0.3, 0.4) is 0 Å². The fourth-order valence-electron chi connectivity index (χ4n) is 4.51. The molecule has 2 heterocycles. The van der Waals surface area contributed by atoms with Crippen molar-refractivity contribution in [1.82, 2.24) is 0 Å². The molecule has 14 heteroatoms. The van der Waals surface area contributed by atoms with E-state index >= 15 is 0 Å². The number of carbonyl (C=O) groups excluding carboxylic acids is 7. The summed E-state index contributed by atoms with van der Waals surface area (Å²) in [4.78, 5) is 80.2. The molecule has 14 nitrogen and oxygen atoms in total. The monoisotopic (exact) mass is 728 g/mol. The van der Waals surface area contributed by atoms with Gasteiger partial charge in [-0.15, -0.1) is 0 Å². The summed E-state index contributed by atoms with van der Waals surface area (Å²) in [6.07, 6.45) is 11.9. The van der Waals surface area contributed by atoms with E-state index in [0.717, 1.165) is 38.5 Å². The van der Waals surface area contributed by atoms with Crippen molar-refractivity contribution in [2.75, 3.05) is 33.0 Å². The van der Waals surface area contributed by atoms with Gasteiger partial charge in [-0.25, -0.2) is 19.2 Å². The zero-order chi connectivity index (χ0) is 38.3. The Balaban J connectivity index is 0.000000530. The van der Waals surface area contributed by atoms with Crippen LogP contribution in [0.4, 0.5) is 0 Å². The van der Waals surface area contributed by atoms with Gasteiger partial charge in [0.25, 0.3) is 0 Å². The number of ether oxygens (including phenoxy) is 7. The standard InChI is InChI=1S/C23H40O6.C14H20O8/c1-4-23(2,3)22(26)28-17-14-12-10-8-6-5-7-9-11-13-15-20(24)29-19-16-18-27-21(19)25;1-4-14(2,3)13(18)21-7-10(15)20-8-11(16)22-9-5-6-19-12(9)17/h19H,4-18H2,1-3H3;9H,4-8H2,1-3H3. The Bertz CT molecular complexity index is 1130. The minimum atomic E-state index is -0.950. The van der Waals surface area contributed by atoms with Gasteiger partial charge >= 0.3 is 41.8 Å². The first kappa shape index (κ1) is 45.3.